The molecule has 2 aromatic rings. The molecule has 4 nitrogen and oxygen atoms in total. The Balaban J connectivity index is 2.26. The molecule has 4 heteroatoms. The summed E-state index contributed by atoms with van der Waals surface area (Å²) in [5.41, 5.74) is 5.54. The van der Waals surface area contributed by atoms with Crippen LogP contribution >= 0.6 is 0 Å². The molecular weight excluding hydrogens is 238 g/mol. The Bertz CT molecular complexity index is 542. The molecule has 0 fully saturated rings. The van der Waals surface area contributed by atoms with E-state index in [4.69, 9.17) is 10.5 Å². The fourth-order valence-electron chi connectivity index (χ4n) is 2.12. The van der Waals surface area contributed by atoms with Gasteiger partial charge in [0.1, 0.15) is 11.6 Å². The standard InChI is InChI=1S/C15H21N3O/c1-11(4-3-8-16)18-15-14-10-13(19-2)6-5-12(14)7-9-17-15/h5-7,9-11H,3-4,8,16H2,1-2H3,(H,17,18). The largest absolute Gasteiger partial charge is 0.497 e. The smallest absolute Gasteiger partial charge is 0.134 e. The fourth-order valence-corrected chi connectivity index (χ4v) is 2.12. The van der Waals surface area contributed by atoms with E-state index in [-0.39, 0.29) is 0 Å². The number of fused-ring (bicyclic) bond motifs is 1. The molecule has 0 saturated carbocycles. The number of pyridine rings is 1. The van der Waals surface area contributed by atoms with Crippen LogP contribution in [-0.2, 0) is 0 Å². The second kappa shape index (κ2) is 6.38. The molecule has 0 amide bonds. The van der Waals surface area contributed by atoms with E-state index in [9.17, 15) is 0 Å². The van der Waals surface area contributed by atoms with Gasteiger partial charge in [0.25, 0.3) is 0 Å². The van der Waals surface area contributed by atoms with Crippen molar-refractivity contribution in [1.29, 1.82) is 0 Å². The molecule has 0 aliphatic rings. The second-order valence-corrected chi connectivity index (χ2v) is 4.72. The summed E-state index contributed by atoms with van der Waals surface area (Å²) < 4.78 is 5.28. The van der Waals surface area contributed by atoms with Crippen LogP contribution in [-0.4, -0.2) is 24.7 Å². The van der Waals surface area contributed by atoms with Gasteiger partial charge in [-0.15, -0.1) is 0 Å². The molecule has 1 atom stereocenters. The van der Waals surface area contributed by atoms with E-state index in [1.165, 1.54) is 0 Å². The summed E-state index contributed by atoms with van der Waals surface area (Å²) in [6, 6.07) is 8.38. The Kier molecular flexibility index (Phi) is 4.58. The topological polar surface area (TPSA) is 60.2 Å². The molecule has 1 unspecified atom stereocenters. The average molecular weight is 259 g/mol. The predicted molar refractivity (Wildman–Crippen MR) is 79.7 cm³/mol. The average Bonchev–Trinajstić information content (AvgIpc) is 2.45. The Hall–Kier alpha value is -1.81. The number of anilines is 1. The maximum Gasteiger partial charge on any atom is 0.134 e. The van der Waals surface area contributed by atoms with Crippen LogP contribution in [0.2, 0.25) is 0 Å². The van der Waals surface area contributed by atoms with Crippen LogP contribution in [0.5, 0.6) is 5.75 Å². The number of methoxy groups -OCH3 is 1. The summed E-state index contributed by atoms with van der Waals surface area (Å²) in [4.78, 5) is 4.43. The summed E-state index contributed by atoms with van der Waals surface area (Å²) >= 11 is 0. The highest BCUT2D eigenvalue weighted by atomic mass is 16.5. The molecule has 0 bridgehead atoms. The number of hydrogen-bond acceptors (Lipinski definition) is 4. The first-order valence-corrected chi connectivity index (χ1v) is 6.64. The Morgan fingerprint density at radius 1 is 1.37 bits per heavy atom. The van der Waals surface area contributed by atoms with Crippen LogP contribution in [0.4, 0.5) is 5.82 Å². The molecule has 0 aliphatic heterocycles. The Labute approximate surface area is 114 Å². The number of aromatic nitrogens is 1. The van der Waals surface area contributed by atoms with Crippen molar-refractivity contribution in [2.24, 2.45) is 5.73 Å². The summed E-state index contributed by atoms with van der Waals surface area (Å²) in [5.74, 6) is 1.75. The van der Waals surface area contributed by atoms with E-state index in [1.807, 2.05) is 30.5 Å². The van der Waals surface area contributed by atoms with Gasteiger partial charge in [0, 0.05) is 17.6 Å². The number of ether oxygens (including phenoxy) is 1. The van der Waals surface area contributed by atoms with Crippen molar-refractivity contribution >= 4 is 16.6 Å². The van der Waals surface area contributed by atoms with Crippen molar-refractivity contribution in [3.63, 3.8) is 0 Å². The molecule has 3 N–H and O–H groups in total. The summed E-state index contributed by atoms with van der Waals surface area (Å²) in [5, 5.41) is 5.69. The zero-order valence-corrected chi connectivity index (χ0v) is 11.5. The zero-order valence-electron chi connectivity index (χ0n) is 11.5. The van der Waals surface area contributed by atoms with Gasteiger partial charge in [-0.25, -0.2) is 4.98 Å². The van der Waals surface area contributed by atoms with Crippen LogP contribution in [0.25, 0.3) is 10.8 Å². The SMILES string of the molecule is COc1ccc2ccnc(NC(C)CCCN)c2c1. The number of hydrogen-bond donors (Lipinski definition) is 2. The van der Waals surface area contributed by atoms with E-state index in [0.717, 1.165) is 41.7 Å². The summed E-state index contributed by atoms with van der Waals surface area (Å²) in [6.45, 7) is 2.87. The molecule has 19 heavy (non-hydrogen) atoms. The first kappa shape index (κ1) is 13.6. The van der Waals surface area contributed by atoms with Crippen molar-refractivity contribution < 1.29 is 4.74 Å². The Morgan fingerprint density at radius 2 is 2.21 bits per heavy atom. The van der Waals surface area contributed by atoms with Gasteiger partial charge in [0.15, 0.2) is 0 Å². The summed E-state index contributed by atoms with van der Waals surface area (Å²) in [6.07, 6.45) is 3.88. The highest BCUT2D eigenvalue weighted by molar-refractivity contribution is 5.92. The van der Waals surface area contributed by atoms with E-state index < -0.39 is 0 Å². The quantitative estimate of drug-likeness (QED) is 0.837. The third kappa shape index (κ3) is 3.35. The third-order valence-corrected chi connectivity index (χ3v) is 3.20. The first-order chi connectivity index (χ1) is 9.24. The van der Waals surface area contributed by atoms with E-state index in [1.54, 1.807) is 7.11 Å². The number of benzene rings is 1. The molecule has 0 aliphatic carbocycles. The normalized spacial score (nSPS) is 12.4. The summed E-state index contributed by atoms with van der Waals surface area (Å²) in [7, 11) is 1.68. The molecule has 0 radical (unpaired) electrons. The lowest BCUT2D eigenvalue weighted by Gasteiger charge is -2.16. The van der Waals surface area contributed by atoms with E-state index in [0.29, 0.717) is 6.04 Å². The van der Waals surface area contributed by atoms with Crippen LogP contribution in [0.1, 0.15) is 19.8 Å². The lowest BCUT2D eigenvalue weighted by molar-refractivity contribution is 0.415. The molecule has 0 saturated heterocycles. The fraction of sp³-hybridized carbons (Fsp3) is 0.400. The predicted octanol–water partition coefficient (Wildman–Crippen LogP) is 2.78. The number of nitrogens with one attached hydrogen (secondary N) is 1. The maximum absolute atomic E-state index is 5.54. The molecule has 102 valence electrons. The van der Waals surface area contributed by atoms with Crippen LogP contribution in [0, 0.1) is 0 Å². The monoisotopic (exact) mass is 259 g/mol. The number of rotatable bonds is 6. The third-order valence-electron chi connectivity index (χ3n) is 3.20. The van der Waals surface area contributed by atoms with Gasteiger partial charge in [-0.05, 0) is 49.9 Å². The van der Waals surface area contributed by atoms with Gasteiger partial charge in [0.05, 0.1) is 7.11 Å². The van der Waals surface area contributed by atoms with Crippen molar-refractivity contribution in [3.8, 4) is 5.75 Å². The molecule has 0 spiro atoms. The zero-order chi connectivity index (χ0) is 13.7. The van der Waals surface area contributed by atoms with E-state index >= 15 is 0 Å². The molecule has 1 aromatic carbocycles. The highest BCUT2D eigenvalue weighted by Crippen LogP contribution is 2.26. The van der Waals surface area contributed by atoms with Crippen LogP contribution in [0.15, 0.2) is 30.5 Å². The van der Waals surface area contributed by atoms with Crippen molar-refractivity contribution in [3.05, 3.63) is 30.5 Å². The van der Waals surface area contributed by atoms with Crippen molar-refractivity contribution in [2.75, 3.05) is 19.0 Å². The van der Waals surface area contributed by atoms with Crippen LogP contribution < -0.4 is 15.8 Å². The minimum atomic E-state index is 0.354. The van der Waals surface area contributed by atoms with Gasteiger partial charge in [-0.2, -0.15) is 0 Å². The van der Waals surface area contributed by atoms with Crippen LogP contribution in [0.3, 0.4) is 0 Å². The van der Waals surface area contributed by atoms with Gasteiger partial charge >= 0.3 is 0 Å². The van der Waals surface area contributed by atoms with Gasteiger partial charge < -0.3 is 15.8 Å². The van der Waals surface area contributed by atoms with Gasteiger partial charge in [0.2, 0.25) is 0 Å². The van der Waals surface area contributed by atoms with E-state index in [2.05, 4.69) is 17.2 Å². The molecule has 1 aromatic heterocycles. The molecular formula is C15H21N3O. The minimum Gasteiger partial charge on any atom is -0.497 e. The first-order valence-electron chi connectivity index (χ1n) is 6.64. The second-order valence-electron chi connectivity index (χ2n) is 4.72. The highest BCUT2D eigenvalue weighted by Gasteiger charge is 2.07. The van der Waals surface area contributed by atoms with Gasteiger partial charge in [-0.3, -0.25) is 0 Å². The number of nitrogens with two attached hydrogens (primary N) is 1. The molecule has 2 rings (SSSR count). The lowest BCUT2D eigenvalue weighted by atomic mass is 10.1. The van der Waals surface area contributed by atoms with Gasteiger partial charge in [-0.1, -0.05) is 6.07 Å². The number of nitrogens with zero attached hydrogens (tertiary/aromatic N) is 1. The maximum atomic E-state index is 5.54. The molecule has 1 heterocycles. The van der Waals surface area contributed by atoms with Crippen molar-refractivity contribution in [1.82, 2.24) is 4.98 Å². The lowest BCUT2D eigenvalue weighted by Crippen LogP contribution is -2.17. The van der Waals surface area contributed by atoms with Crippen molar-refractivity contribution in [2.45, 2.75) is 25.8 Å². The minimum absolute atomic E-state index is 0.354. The Morgan fingerprint density at radius 3 is 2.95 bits per heavy atom.